The van der Waals surface area contributed by atoms with Crippen molar-refractivity contribution in [2.45, 2.75) is 57.5 Å². The molecule has 6 nitrogen and oxygen atoms in total. The minimum Gasteiger partial charge on any atom is -0.504 e. The lowest BCUT2D eigenvalue weighted by molar-refractivity contribution is 0.101. The summed E-state index contributed by atoms with van der Waals surface area (Å²) in [4.78, 5) is 19.6. The van der Waals surface area contributed by atoms with Gasteiger partial charge in [-0.25, -0.2) is 4.39 Å². The van der Waals surface area contributed by atoms with E-state index in [1.54, 1.807) is 13.1 Å². The van der Waals surface area contributed by atoms with Gasteiger partial charge in [-0.3, -0.25) is 9.78 Å². The van der Waals surface area contributed by atoms with Crippen LogP contribution in [-0.2, 0) is 0 Å². The molecule has 0 radical (unpaired) electrons. The molecule has 11 heteroatoms. The summed E-state index contributed by atoms with van der Waals surface area (Å²) in [5.41, 5.74) is 9.50. The number of likely N-dealkylation sites (tertiary alicyclic amines) is 1. The molecular formula is C29H37Cl4FN4O2. The van der Waals surface area contributed by atoms with Gasteiger partial charge in [0, 0.05) is 36.8 Å². The molecule has 1 aromatic heterocycles. The van der Waals surface area contributed by atoms with E-state index in [9.17, 15) is 14.3 Å². The van der Waals surface area contributed by atoms with E-state index in [4.69, 9.17) is 17.3 Å². The lowest BCUT2D eigenvalue weighted by Crippen LogP contribution is -2.45. The number of ketones is 1. The summed E-state index contributed by atoms with van der Waals surface area (Å²) >= 11 is 6.03. The minimum atomic E-state index is -0.778. The Morgan fingerprint density at radius 2 is 1.85 bits per heavy atom. The van der Waals surface area contributed by atoms with Crippen LogP contribution in [0.1, 0.15) is 55.8 Å². The van der Waals surface area contributed by atoms with Crippen LogP contribution >= 0.6 is 48.8 Å². The Morgan fingerprint density at radius 1 is 1.12 bits per heavy atom. The number of hydrogen-bond donors (Lipinski definition) is 3. The topological polar surface area (TPSA) is 91.5 Å². The first kappa shape index (κ1) is 34.3. The van der Waals surface area contributed by atoms with Gasteiger partial charge in [0.2, 0.25) is 0 Å². The van der Waals surface area contributed by atoms with Gasteiger partial charge in [0.05, 0.1) is 21.8 Å². The number of phenols is 1. The van der Waals surface area contributed by atoms with Crippen molar-refractivity contribution in [3.8, 4) is 16.9 Å². The van der Waals surface area contributed by atoms with Crippen molar-refractivity contribution in [3.63, 3.8) is 0 Å². The first-order valence-corrected chi connectivity index (χ1v) is 13.5. The van der Waals surface area contributed by atoms with Gasteiger partial charge in [-0.1, -0.05) is 17.7 Å². The van der Waals surface area contributed by atoms with Crippen molar-refractivity contribution in [2.75, 3.05) is 25.0 Å². The number of nitrogens with two attached hydrogens (primary N) is 1. The maximum Gasteiger partial charge on any atom is 0.170 e. The molecule has 220 valence electrons. The molecule has 1 aliphatic carbocycles. The van der Waals surface area contributed by atoms with Gasteiger partial charge < -0.3 is 21.1 Å². The van der Waals surface area contributed by atoms with Crippen molar-refractivity contribution in [3.05, 3.63) is 52.9 Å². The second kappa shape index (κ2) is 14.9. The number of nitrogens with zero attached hydrogens (tertiary/aromatic N) is 2. The molecule has 1 unspecified atom stereocenters. The Hall–Kier alpha value is -1.87. The molecule has 2 aromatic carbocycles. The van der Waals surface area contributed by atoms with Crippen LogP contribution in [0, 0.1) is 11.7 Å². The minimum absolute atomic E-state index is 0. The number of anilines is 1. The first-order chi connectivity index (χ1) is 17.8. The van der Waals surface area contributed by atoms with E-state index in [0.29, 0.717) is 23.1 Å². The fourth-order valence-corrected chi connectivity index (χ4v) is 6.05. The standard InChI is InChI=1S/C29H34ClFN4O2.3ClH/c1-17(36)24-14-33-27-9-6-19(20-12-25(30)29(37)26(31)13-20)11-23(27)28(24)34-22-7-4-18(5-8-22)15-35-10-2-3-21(32)16-35;;;/h6,9,11-14,18,21-22,37H,2-5,7-8,10,15-16,32H2,1H3,(H,33,34);3*1H/t18-,21?,22-;;;. The van der Waals surface area contributed by atoms with Crippen LogP contribution in [0.3, 0.4) is 0 Å². The maximum atomic E-state index is 14.2. The van der Waals surface area contributed by atoms with Gasteiger partial charge in [0.15, 0.2) is 17.3 Å². The van der Waals surface area contributed by atoms with Crippen molar-refractivity contribution >= 4 is 71.2 Å². The van der Waals surface area contributed by atoms with Crippen LogP contribution in [0.15, 0.2) is 36.5 Å². The van der Waals surface area contributed by atoms with Gasteiger partial charge in [-0.15, -0.1) is 37.2 Å². The van der Waals surface area contributed by atoms with Crippen molar-refractivity contribution in [1.29, 1.82) is 0 Å². The highest BCUT2D eigenvalue weighted by Gasteiger charge is 2.26. The van der Waals surface area contributed by atoms with Gasteiger partial charge in [-0.2, -0.15) is 0 Å². The van der Waals surface area contributed by atoms with E-state index in [1.807, 2.05) is 18.2 Å². The number of rotatable bonds is 6. The number of aromatic nitrogens is 1. The number of carbonyl (C=O) groups is 1. The molecule has 0 amide bonds. The van der Waals surface area contributed by atoms with Gasteiger partial charge in [0.25, 0.3) is 0 Å². The largest absolute Gasteiger partial charge is 0.504 e. The molecule has 4 N–H and O–H groups in total. The third-order valence-corrected chi connectivity index (χ3v) is 8.14. The maximum absolute atomic E-state index is 14.2. The molecule has 0 spiro atoms. The number of benzene rings is 2. The molecule has 2 heterocycles. The number of Topliss-reactive ketones (excluding diaryl/α,β-unsaturated/α-hetero) is 1. The monoisotopic (exact) mass is 632 g/mol. The number of piperidine rings is 1. The van der Waals surface area contributed by atoms with Crippen LogP contribution < -0.4 is 11.1 Å². The van der Waals surface area contributed by atoms with E-state index in [-0.39, 0.29) is 54.1 Å². The zero-order valence-corrected chi connectivity index (χ0v) is 25.6. The van der Waals surface area contributed by atoms with E-state index >= 15 is 0 Å². The fourth-order valence-electron chi connectivity index (χ4n) is 5.84. The Morgan fingerprint density at radius 3 is 2.50 bits per heavy atom. The lowest BCUT2D eigenvalue weighted by atomic mass is 9.85. The Labute approximate surface area is 258 Å². The molecule has 1 saturated carbocycles. The number of nitrogens with one attached hydrogen (secondary N) is 1. The van der Waals surface area contributed by atoms with E-state index < -0.39 is 11.6 Å². The highest BCUT2D eigenvalue weighted by atomic mass is 35.5. The van der Waals surface area contributed by atoms with Crippen molar-refractivity contribution < 1.29 is 14.3 Å². The third kappa shape index (κ3) is 7.69. The Kier molecular flexibility index (Phi) is 12.7. The molecule has 2 aliphatic rings. The average Bonchev–Trinajstić information content (AvgIpc) is 2.88. The molecule has 0 bridgehead atoms. The SMILES string of the molecule is CC(=O)c1cnc2ccc(-c3cc(F)c(O)c(Cl)c3)cc2c1N[C@H]1CC[C@H](CN2CCCC(N)C2)CC1.Cl.Cl.Cl. The van der Waals surface area contributed by atoms with E-state index in [1.165, 1.54) is 18.6 Å². The zero-order valence-electron chi connectivity index (χ0n) is 22.4. The highest BCUT2D eigenvalue weighted by Crippen LogP contribution is 2.37. The second-order valence-corrected chi connectivity index (χ2v) is 11.1. The molecule has 3 aromatic rings. The summed E-state index contributed by atoms with van der Waals surface area (Å²) in [6.07, 6.45) is 8.29. The zero-order chi connectivity index (χ0) is 26.1. The molecule has 1 aliphatic heterocycles. The quantitative estimate of drug-likeness (QED) is 0.248. The summed E-state index contributed by atoms with van der Waals surface area (Å²) in [6.45, 7) is 4.82. The number of halogens is 5. The predicted molar refractivity (Wildman–Crippen MR) is 169 cm³/mol. The van der Waals surface area contributed by atoms with Crippen molar-refractivity contribution in [2.24, 2.45) is 11.7 Å². The number of fused-ring (bicyclic) bond motifs is 1. The third-order valence-electron chi connectivity index (χ3n) is 7.85. The number of aromatic hydroxyl groups is 1. The predicted octanol–water partition coefficient (Wildman–Crippen LogP) is 7.26. The highest BCUT2D eigenvalue weighted by molar-refractivity contribution is 6.32. The van der Waals surface area contributed by atoms with E-state index in [2.05, 4.69) is 15.2 Å². The second-order valence-electron chi connectivity index (χ2n) is 10.6. The molecule has 1 saturated heterocycles. The van der Waals surface area contributed by atoms with Gasteiger partial charge in [-0.05, 0) is 93.3 Å². The Balaban J connectivity index is 0.00000187. The van der Waals surface area contributed by atoms with E-state index in [0.717, 1.165) is 73.9 Å². The lowest BCUT2D eigenvalue weighted by Gasteiger charge is -2.36. The summed E-state index contributed by atoms with van der Waals surface area (Å²) in [5.74, 6) is -0.727. The number of carbonyl (C=O) groups excluding carboxylic acids is 1. The normalized spacial score (nSPS) is 21.1. The summed E-state index contributed by atoms with van der Waals surface area (Å²) in [6, 6.07) is 8.96. The number of hydrogen-bond acceptors (Lipinski definition) is 6. The summed E-state index contributed by atoms with van der Waals surface area (Å²) in [5, 5.41) is 14.2. The van der Waals surface area contributed by atoms with Crippen LogP contribution in [-0.4, -0.2) is 52.5 Å². The molecule has 40 heavy (non-hydrogen) atoms. The smallest absolute Gasteiger partial charge is 0.170 e. The average molecular weight is 634 g/mol. The summed E-state index contributed by atoms with van der Waals surface area (Å²) in [7, 11) is 0. The molecular weight excluding hydrogens is 597 g/mol. The van der Waals surface area contributed by atoms with Gasteiger partial charge >= 0.3 is 0 Å². The number of pyridine rings is 1. The van der Waals surface area contributed by atoms with Crippen LogP contribution in [0.25, 0.3) is 22.0 Å². The first-order valence-electron chi connectivity index (χ1n) is 13.1. The van der Waals surface area contributed by atoms with Crippen molar-refractivity contribution in [1.82, 2.24) is 9.88 Å². The van der Waals surface area contributed by atoms with Crippen LogP contribution in [0.2, 0.25) is 5.02 Å². The fraction of sp³-hybridized carbons (Fsp3) is 0.448. The van der Waals surface area contributed by atoms with Crippen LogP contribution in [0.4, 0.5) is 10.1 Å². The molecule has 1 atom stereocenters. The summed E-state index contributed by atoms with van der Waals surface area (Å²) < 4.78 is 14.2. The van der Waals surface area contributed by atoms with Gasteiger partial charge in [0.1, 0.15) is 0 Å². The van der Waals surface area contributed by atoms with Crippen LogP contribution in [0.5, 0.6) is 5.75 Å². The Bertz CT molecular complexity index is 1300. The number of phenolic OH excluding ortho intramolecular Hbond substituents is 1. The molecule has 5 rings (SSSR count). The molecule has 2 fully saturated rings.